The summed E-state index contributed by atoms with van der Waals surface area (Å²) in [5.74, 6) is 1.75. The SMILES string of the molecule is CCCCCCCCCCCCCCCCOc1ccc(N=Nc2ccc(OCC)cc2)cc1. The van der Waals surface area contributed by atoms with E-state index in [1.807, 2.05) is 55.5 Å². The number of unbranched alkanes of at least 4 members (excludes halogenated alkanes) is 13. The van der Waals surface area contributed by atoms with Crippen LogP contribution in [0.15, 0.2) is 58.8 Å². The van der Waals surface area contributed by atoms with E-state index in [2.05, 4.69) is 17.2 Å². The molecular weight excluding hydrogens is 420 g/mol. The first kappa shape index (κ1) is 27.9. The minimum absolute atomic E-state index is 0.661. The van der Waals surface area contributed by atoms with Gasteiger partial charge in [-0.3, -0.25) is 0 Å². The largest absolute Gasteiger partial charge is 0.494 e. The van der Waals surface area contributed by atoms with Crippen molar-refractivity contribution in [1.82, 2.24) is 0 Å². The molecule has 188 valence electrons. The van der Waals surface area contributed by atoms with Gasteiger partial charge < -0.3 is 9.47 Å². The summed E-state index contributed by atoms with van der Waals surface area (Å²) in [5.41, 5.74) is 1.62. The third kappa shape index (κ3) is 13.4. The van der Waals surface area contributed by atoms with Crippen molar-refractivity contribution in [2.75, 3.05) is 13.2 Å². The second-order valence-corrected chi connectivity index (χ2v) is 9.07. The summed E-state index contributed by atoms with van der Waals surface area (Å²) in [6, 6.07) is 15.5. The van der Waals surface area contributed by atoms with Crippen LogP contribution in [0.1, 0.15) is 104 Å². The summed E-state index contributed by atoms with van der Waals surface area (Å²) in [4.78, 5) is 0. The highest BCUT2D eigenvalue weighted by molar-refractivity contribution is 5.44. The number of hydrogen-bond acceptors (Lipinski definition) is 4. The fourth-order valence-corrected chi connectivity index (χ4v) is 3.99. The van der Waals surface area contributed by atoms with Gasteiger partial charge in [0, 0.05) is 0 Å². The number of azo groups is 1. The summed E-state index contributed by atoms with van der Waals surface area (Å²) >= 11 is 0. The summed E-state index contributed by atoms with van der Waals surface area (Å²) < 4.78 is 11.3. The topological polar surface area (TPSA) is 43.2 Å². The Balaban J connectivity index is 1.46. The van der Waals surface area contributed by atoms with Gasteiger partial charge in [-0.2, -0.15) is 10.2 Å². The maximum Gasteiger partial charge on any atom is 0.119 e. The molecule has 2 aromatic rings. The lowest BCUT2D eigenvalue weighted by Crippen LogP contribution is -1.96. The number of benzene rings is 2. The summed E-state index contributed by atoms with van der Waals surface area (Å²) in [6.45, 7) is 5.70. The molecule has 0 heterocycles. The molecular formula is C30H46N2O2. The Morgan fingerprint density at radius 2 is 0.853 bits per heavy atom. The van der Waals surface area contributed by atoms with E-state index in [9.17, 15) is 0 Å². The van der Waals surface area contributed by atoms with Crippen LogP contribution in [0.3, 0.4) is 0 Å². The fourth-order valence-electron chi connectivity index (χ4n) is 3.99. The van der Waals surface area contributed by atoms with Gasteiger partial charge in [-0.05, 0) is 61.9 Å². The molecule has 0 atom stereocenters. The normalized spacial score (nSPS) is 11.2. The van der Waals surface area contributed by atoms with Crippen LogP contribution in [0.5, 0.6) is 11.5 Å². The minimum Gasteiger partial charge on any atom is -0.494 e. The van der Waals surface area contributed by atoms with Gasteiger partial charge in [-0.15, -0.1) is 0 Å². The van der Waals surface area contributed by atoms with Gasteiger partial charge in [0.25, 0.3) is 0 Å². The Morgan fingerprint density at radius 3 is 1.26 bits per heavy atom. The van der Waals surface area contributed by atoms with Gasteiger partial charge in [0.2, 0.25) is 0 Å². The molecule has 0 N–H and O–H groups in total. The Hall–Kier alpha value is -2.36. The lowest BCUT2D eigenvalue weighted by Gasteiger charge is -2.06. The first-order chi connectivity index (χ1) is 16.8. The van der Waals surface area contributed by atoms with Crippen molar-refractivity contribution in [3.63, 3.8) is 0 Å². The Labute approximate surface area is 208 Å². The molecule has 2 aromatic carbocycles. The zero-order valence-electron chi connectivity index (χ0n) is 21.6. The second kappa shape index (κ2) is 19.0. The minimum atomic E-state index is 0.661. The van der Waals surface area contributed by atoms with Crippen LogP contribution in [0.2, 0.25) is 0 Å². The summed E-state index contributed by atoms with van der Waals surface area (Å²) in [6.07, 6.45) is 19.2. The second-order valence-electron chi connectivity index (χ2n) is 9.07. The first-order valence-corrected chi connectivity index (χ1v) is 13.7. The molecule has 0 aliphatic heterocycles. The Bertz CT molecular complexity index is 756. The Morgan fingerprint density at radius 1 is 0.471 bits per heavy atom. The van der Waals surface area contributed by atoms with Gasteiger partial charge in [0.1, 0.15) is 11.5 Å². The predicted molar refractivity (Wildman–Crippen MR) is 144 cm³/mol. The van der Waals surface area contributed by atoms with Crippen LogP contribution >= 0.6 is 0 Å². The van der Waals surface area contributed by atoms with Crippen LogP contribution in [0.25, 0.3) is 0 Å². The number of nitrogens with zero attached hydrogens (tertiary/aromatic N) is 2. The highest BCUT2D eigenvalue weighted by Crippen LogP contribution is 2.23. The molecule has 0 saturated heterocycles. The van der Waals surface area contributed by atoms with E-state index >= 15 is 0 Å². The van der Waals surface area contributed by atoms with E-state index in [1.54, 1.807) is 0 Å². The van der Waals surface area contributed by atoms with Crippen molar-refractivity contribution in [1.29, 1.82) is 0 Å². The molecule has 4 heteroatoms. The van der Waals surface area contributed by atoms with E-state index < -0.39 is 0 Å². The van der Waals surface area contributed by atoms with E-state index in [4.69, 9.17) is 9.47 Å². The van der Waals surface area contributed by atoms with Crippen molar-refractivity contribution >= 4 is 11.4 Å². The van der Waals surface area contributed by atoms with Gasteiger partial charge in [-0.25, -0.2) is 0 Å². The standard InChI is InChI=1S/C30H46N2O2/c1-3-5-6-7-8-9-10-11-12-13-14-15-16-17-26-34-30-24-20-28(21-25-30)32-31-27-18-22-29(23-19-27)33-4-2/h18-25H,3-17,26H2,1-2H3. The number of hydrogen-bond donors (Lipinski definition) is 0. The molecule has 0 spiro atoms. The molecule has 0 aliphatic rings. The van der Waals surface area contributed by atoms with Crippen LogP contribution in [0.4, 0.5) is 11.4 Å². The summed E-state index contributed by atoms with van der Waals surface area (Å²) in [7, 11) is 0. The van der Waals surface area contributed by atoms with Crippen molar-refractivity contribution in [2.45, 2.75) is 104 Å². The lowest BCUT2D eigenvalue weighted by atomic mass is 10.0. The number of ether oxygens (including phenoxy) is 2. The predicted octanol–water partition coefficient (Wildman–Crippen LogP) is 10.4. The third-order valence-corrected chi connectivity index (χ3v) is 6.03. The van der Waals surface area contributed by atoms with E-state index in [1.165, 1.54) is 83.5 Å². The monoisotopic (exact) mass is 466 g/mol. The molecule has 34 heavy (non-hydrogen) atoms. The fraction of sp³-hybridized carbons (Fsp3) is 0.600. The zero-order chi connectivity index (χ0) is 24.1. The highest BCUT2D eigenvalue weighted by Gasteiger charge is 1.98. The van der Waals surface area contributed by atoms with Gasteiger partial charge in [-0.1, -0.05) is 90.4 Å². The zero-order valence-corrected chi connectivity index (χ0v) is 21.6. The molecule has 2 rings (SSSR count). The molecule has 0 radical (unpaired) electrons. The number of rotatable bonds is 20. The van der Waals surface area contributed by atoms with Crippen molar-refractivity contribution in [2.24, 2.45) is 10.2 Å². The maximum absolute atomic E-state index is 5.88. The van der Waals surface area contributed by atoms with Crippen molar-refractivity contribution in [3.8, 4) is 11.5 Å². The molecule has 0 amide bonds. The third-order valence-electron chi connectivity index (χ3n) is 6.03. The van der Waals surface area contributed by atoms with Crippen LogP contribution in [0, 0.1) is 0 Å². The maximum atomic E-state index is 5.88. The molecule has 4 nitrogen and oxygen atoms in total. The van der Waals surface area contributed by atoms with Gasteiger partial charge in [0.15, 0.2) is 0 Å². The lowest BCUT2D eigenvalue weighted by molar-refractivity contribution is 0.304. The van der Waals surface area contributed by atoms with Crippen LogP contribution < -0.4 is 9.47 Å². The van der Waals surface area contributed by atoms with E-state index in [0.717, 1.165) is 35.9 Å². The molecule has 0 unspecified atom stereocenters. The molecule has 0 fully saturated rings. The first-order valence-electron chi connectivity index (χ1n) is 13.7. The smallest absolute Gasteiger partial charge is 0.119 e. The Kier molecular flexibility index (Phi) is 15.6. The average molecular weight is 467 g/mol. The summed E-state index contributed by atoms with van der Waals surface area (Å²) in [5, 5.41) is 8.58. The van der Waals surface area contributed by atoms with Crippen LogP contribution in [-0.4, -0.2) is 13.2 Å². The quantitative estimate of drug-likeness (QED) is 0.144. The van der Waals surface area contributed by atoms with Crippen LogP contribution in [-0.2, 0) is 0 Å². The van der Waals surface area contributed by atoms with Gasteiger partial charge >= 0.3 is 0 Å². The van der Waals surface area contributed by atoms with Crippen molar-refractivity contribution in [3.05, 3.63) is 48.5 Å². The van der Waals surface area contributed by atoms with Crippen molar-refractivity contribution < 1.29 is 9.47 Å². The molecule has 0 saturated carbocycles. The molecule has 0 aliphatic carbocycles. The molecule has 0 bridgehead atoms. The van der Waals surface area contributed by atoms with Gasteiger partial charge in [0.05, 0.1) is 24.6 Å². The molecule has 0 aromatic heterocycles. The highest BCUT2D eigenvalue weighted by atomic mass is 16.5. The van der Waals surface area contributed by atoms with E-state index in [-0.39, 0.29) is 0 Å². The average Bonchev–Trinajstić information content (AvgIpc) is 2.87. The van der Waals surface area contributed by atoms with E-state index in [0.29, 0.717) is 6.61 Å².